The molecule has 1 aromatic carbocycles. The van der Waals surface area contributed by atoms with Crippen LogP contribution in [-0.2, 0) is 7.05 Å². The predicted octanol–water partition coefficient (Wildman–Crippen LogP) is 2.45. The van der Waals surface area contributed by atoms with Gasteiger partial charge in [-0.2, -0.15) is 0 Å². The average molecular weight is 321 g/mol. The number of hydrogen-bond acceptors (Lipinski definition) is 3. The molecule has 0 saturated carbocycles. The normalized spacial score (nSPS) is 12.8. The third kappa shape index (κ3) is 2.34. The zero-order valence-corrected chi connectivity index (χ0v) is 11.1. The van der Waals surface area contributed by atoms with Crippen molar-refractivity contribution in [3.8, 4) is 0 Å². The zero-order chi connectivity index (χ0) is 12.6. The van der Waals surface area contributed by atoms with Crippen molar-refractivity contribution >= 4 is 27.5 Å². The van der Waals surface area contributed by atoms with Crippen molar-refractivity contribution < 1.29 is 9.50 Å². The minimum absolute atomic E-state index is 0.0344. The second-order valence-corrected chi connectivity index (χ2v) is 4.62. The monoisotopic (exact) mass is 319 g/mol. The summed E-state index contributed by atoms with van der Waals surface area (Å²) >= 11 is 8.85. The van der Waals surface area contributed by atoms with E-state index in [1.54, 1.807) is 7.05 Å². The Morgan fingerprint density at radius 1 is 1.53 bits per heavy atom. The molecule has 0 saturated heterocycles. The van der Waals surface area contributed by atoms with Gasteiger partial charge in [0, 0.05) is 7.05 Å². The number of halogens is 3. The number of aromatic nitrogens is 3. The summed E-state index contributed by atoms with van der Waals surface area (Å²) in [5.41, 5.74) is 0.954. The number of aliphatic hydroxyl groups is 1. The number of benzene rings is 1. The molecule has 2 aromatic rings. The molecule has 1 heterocycles. The van der Waals surface area contributed by atoms with Crippen LogP contribution in [-0.4, -0.2) is 20.1 Å². The first-order chi connectivity index (χ1) is 8.00. The van der Waals surface area contributed by atoms with E-state index in [1.807, 2.05) is 0 Å². The molecule has 1 N–H and O–H groups in total. The van der Waals surface area contributed by atoms with Crippen molar-refractivity contribution in [3.63, 3.8) is 0 Å². The molecule has 2 rings (SSSR count). The van der Waals surface area contributed by atoms with Gasteiger partial charge in [0.2, 0.25) is 0 Å². The van der Waals surface area contributed by atoms with Gasteiger partial charge >= 0.3 is 0 Å². The second kappa shape index (κ2) is 4.72. The van der Waals surface area contributed by atoms with Crippen LogP contribution in [0.15, 0.2) is 22.8 Å². The van der Waals surface area contributed by atoms with Crippen LogP contribution in [0.3, 0.4) is 0 Å². The molecule has 4 nitrogen and oxygen atoms in total. The topological polar surface area (TPSA) is 50.9 Å². The molecule has 1 aromatic heterocycles. The molecule has 0 aliphatic carbocycles. The highest BCUT2D eigenvalue weighted by Crippen LogP contribution is 2.28. The van der Waals surface area contributed by atoms with Gasteiger partial charge in [0.15, 0.2) is 4.60 Å². The summed E-state index contributed by atoms with van der Waals surface area (Å²) < 4.78 is 14.9. The summed E-state index contributed by atoms with van der Waals surface area (Å²) in [6.45, 7) is 0. The molecule has 1 unspecified atom stereocenters. The quantitative estimate of drug-likeness (QED) is 0.925. The van der Waals surface area contributed by atoms with E-state index >= 15 is 0 Å². The Hall–Kier alpha value is -0.980. The molecular weight excluding hydrogens is 312 g/mol. The number of hydrogen-bond donors (Lipinski definition) is 1. The minimum atomic E-state index is -0.970. The van der Waals surface area contributed by atoms with Gasteiger partial charge < -0.3 is 5.11 Å². The maximum absolute atomic E-state index is 13.0. The van der Waals surface area contributed by atoms with Crippen molar-refractivity contribution in [2.45, 2.75) is 6.10 Å². The van der Waals surface area contributed by atoms with E-state index < -0.39 is 11.9 Å². The molecule has 1 atom stereocenters. The van der Waals surface area contributed by atoms with Gasteiger partial charge in [-0.3, -0.25) is 0 Å². The second-order valence-electron chi connectivity index (χ2n) is 3.47. The first-order valence-electron chi connectivity index (χ1n) is 4.68. The van der Waals surface area contributed by atoms with E-state index in [9.17, 15) is 9.50 Å². The highest BCUT2D eigenvalue weighted by Gasteiger charge is 2.20. The Balaban J connectivity index is 2.43. The van der Waals surface area contributed by atoms with Crippen molar-refractivity contribution in [2.24, 2.45) is 7.05 Å². The van der Waals surface area contributed by atoms with E-state index in [2.05, 4.69) is 26.2 Å². The largest absolute Gasteiger partial charge is 0.382 e. The van der Waals surface area contributed by atoms with Crippen LogP contribution >= 0.6 is 27.5 Å². The van der Waals surface area contributed by atoms with Crippen molar-refractivity contribution in [2.75, 3.05) is 0 Å². The minimum Gasteiger partial charge on any atom is -0.382 e. The van der Waals surface area contributed by atoms with Crippen LogP contribution in [0.25, 0.3) is 0 Å². The Bertz CT molecular complexity index is 541. The Morgan fingerprint density at radius 2 is 2.24 bits per heavy atom. The van der Waals surface area contributed by atoms with Gasteiger partial charge in [0.25, 0.3) is 0 Å². The lowest BCUT2D eigenvalue weighted by Crippen LogP contribution is -2.07. The number of rotatable bonds is 2. The molecule has 0 aliphatic heterocycles. The fourth-order valence-electron chi connectivity index (χ4n) is 1.47. The third-order valence-corrected chi connectivity index (χ3v) is 3.20. The van der Waals surface area contributed by atoms with Crippen molar-refractivity contribution in [1.29, 1.82) is 0 Å². The van der Waals surface area contributed by atoms with Gasteiger partial charge in [-0.1, -0.05) is 22.9 Å². The molecule has 90 valence electrons. The van der Waals surface area contributed by atoms with Gasteiger partial charge in [-0.25, -0.2) is 9.07 Å². The smallest absolute Gasteiger partial charge is 0.154 e. The van der Waals surface area contributed by atoms with Crippen LogP contribution < -0.4 is 0 Å². The summed E-state index contributed by atoms with van der Waals surface area (Å²) in [7, 11) is 1.65. The van der Waals surface area contributed by atoms with Crippen molar-refractivity contribution in [1.82, 2.24) is 15.0 Å². The average Bonchev–Trinajstić information content (AvgIpc) is 2.62. The zero-order valence-electron chi connectivity index (χ0n) is 8.73. The van der Waals surface area contributed by atoms with E-state index in [4.69, 9.17) is 11.6 Å². The SMILES string of the molecule is Cn1nnc(Br)c1C(O)c1ccc(F)c(Cl)c1. The first-order valence-corrected chi connectivity index (χ1v) is 5.86. The molecule has 0 radical (unpaired) electrons. The fraction of sp³-hybridized carbons (Fsp3) is 0.200. The third-order valence-electron chi connectivity index (χ3n) is 2.35. The van der Waals surface area contributed by atoms with E-state index in [1.165, 1.54) is 22.9 Å². The maximum atomic E-state index is 13.0. The lowest BCUT2D eigenvalue weighted by Gasteiger charge is -2.11. The molecule has 7 heteroatoms. The summed E-state index contributed by atoms with van der Waals surface area (Å²) in [5, 5.41) is 17.6. The Morgan fingerprint density at radius 3 is 2.76 bits per heavy atom. The molecule has 0 fully saturated rings. The lowest BCUT2D eigenvalue weighted by molar-refractivity contribution is 0.209. The Labute approximate surface area is 110 Å². The summed E-state index contributed by atoms with van der Waals surface area (Å²) in [4.78, 5) is 0. The van der Waals surface area contributed by atoms with E-state index in [-0.39, 0.29) is 5.02 Å². The van der Waals surface area contributed by atoms with Crippen LogP contribution in [0.2, 0.25) is 5.02 Å². The standard InChI is InChI=1S/C10H8BrClFN3O/c1-16-8(10(11)14-15-16)9(17)5-2-3-7(13)6(12)4-5/h2-4,9,17H,1H3. The lowest BCUT2D eigenvalue weighted by atomic mass is 10.1. The number of aliphatic hydroxyl groups excluding tert-OH is 1. The van der Waals surface area contributed by atoms with Gasteiger partial charge in [-0.15, -0.1) is 5.10 Å². The fourth-order valence-corrected chi connectivity index (χ4v) is 2.20. The number of nitrogens with zero attached hydrogens (tertiary/aromatic N) is 3. The van der Waals surface area contributed by atoms with Gasteiger partial charge in [0.1, 0.15) is 17.6 Å². The van der Waals surface area contributed by atoms with E-state index in [0.29, 0.717) is 15.9 Å². The summed E-state index contributed by atoms with van der Waals surface area (Å²) in [6.07, 6.45) is -0.970. The molecule has 17 heavy (non-hydrogen) atoms. The highest BCUT2D eigenvalue weighted by atomic mass is 79.9. The van der Waals surface area contributed by atoms with Crippen LogP contribution in [0, 0.1) is 5.82 Å². The molecular formula is C10H8BrClFN3O. The summed E-state index contributed by atoms with van der Waals surface area (Å²) in [5.74, 6) is -0.523. The van der Waals surface area contributed by atoms with Crippen molar-refractivity contribution in [3.05, 3.63) is 44.9 Å². The Kier molecular flexibility index (Phi) is 3.46. The predicted molar refractivity (Wildman–Crippen MR) is 64.2 cm³/mol. The molecule has 0 bridgehead atoms. The molecule has 0 aliphatic rings. The number of aryl methyl sites for hydroxylation is 1. The maximum Gasteiger partial charge on any atom is 0.154 e. The highest BCUT2D eigenvalue weighted by molar-refractivity contribution is 9.10. The van der Waals surface area contributed by atoms with Gasteiger partial charge in [-0.05, 0) is 33.6 Å². The van der Waals surface area contributed by atoms with Crippen LogP contribution in [0.4, 0.5) is 4.39 Å². The molecule has 0 amide bonds. The molecule has 0 spiro atoms. The van der Waals surface area contributed by atoms with Crippen LogP contribution in [0.1, 0.15) is 17.4 Å². The van der Waals surface area contributed by atoms with E-state index in [0.717, 1.165) is 0 Å². The summed E-state index contributed by atoms with van der Waals surface area (Å²) in [6, 6.07) is 4.05. The van der Waals surface area contributed by atoms with Crippen LogP contribution in [0.5, 0.6) is 0 Å². The first kappa shape index (κ1) is 12.5. The van der Waals surface area contributed by atoms with Gasteiger partial charge in [0.05, 0.1) is 5.02 Å².